The average Bonchev–Trinajstić information content (AvgIpc) is 2.32. The zero-order valence-corrected chi connectivity index (χ0v) is 9.46. The lowest BCUT2D eigenvalue weighted by atomic mass is 10.2. The minimum absolute atomic E-state index is 0.223. The summed E-state index contributed by atoms with van der Waals surface area (Å²) in [6.07, 6.45) is 3.30. The van der Waals surface area contributed by atoms with Gasteiger partial charge in [-0.2, -0.15) is 10.1 Å². The summed E-state index contributed by atoms with van der Waals surface area (Å²) >= 11 is 0. The van der Waals surface area contributed by atoms with Gasteiger partial charge >= 0.3 is 0 Å². The van der Waals surface area contributed by atoms with Gasteiger partial charge in [0.05, 0.1) is 6.21 Å². The Morgan fingerprint density at radius 1 is 1.24 bits per heavy atom. The predicted octanol–water partition coefficient (Wildman–Crippen LogP) is 1.81. The third kappa shape index (κ3) is 3.27. The Hall–Kier alpha value is -2.43. The van der Waals surface area contributed by atoms with E-state index in [-0.39, 0.29) is 5.95 Å². The van der Waals surface area contributed by atoms with Gasteiger partial charge in [-0.15, -0.1) is 0 Å². The molecule has 0 spiro atoms. The summed E-state index contributed by atoms with van der Waals surface area (Å²) in [4.78, 5) is 7.75. The van der Waals surface area contributed by atoms with Gasteiger partial charge in [-0.25, -0.2) is 4.98 Å². The van der Waals surface area contributed by atoms with E-state index in [4.69, 9.17) is 5.73 Å². The van der Waals surface area contributed by atoms with Crippen molar-refractivity contribution in [1.29, 1.82) is 0 Å². The minimum atomic E-state index is 0.223. The van der Waals surface area contributed by atoms with Gasteiger partial charge < -0.3 is 5.73 Å². The van der Waals surface area contributed by atoms with Gasteiger partial charge in [0, 0.05) is 12.3 Å². The molecule has 2 rings (SSSR count). The van der Waals surface area contributed by atoms with E-state index in [1.54, 1.807) is 18.5 Å². The first-order valence-corrected chi connectivity index (χ1v) is 5.18. The minimum Gasteiger partial charge on any atom is -0.368 e. The van der Waals surface area contributed by atoms with Crippen LogP contribution in [0.5, 0.6) is 0 Å². The summed E-state index contributed by atoms with van der Waals surface area (Å²) in [6.45, 7) is 2.04. The molecule has 0 fully saturated rings. The Kier molecular flexibility index (Phi) is 3.30. The number of hydrogen-bond acceptors (Lipinski definition) is 5. The maximum Gasteiger partial charge on any atom is 0.221 e. The third-order valence-corrected chi connectivity index (χ3v) is 2.14. The monoisotopic (exact) mass is 227 g/mol. The van der Waals surface area contributed by atoms with Crippen LogP contribution in [0.3, 0.4) is 0 Å². The number of nitrogen functional groups attached to an aromatic ring is 1. The topological polar surface area (TPSA) is 76.2 Å². The molecule has 1 aromatic carbocycles. The van der Waals surface area contributed by atoms with Gasteiger partial charge in [-0.1, -0.05) is 29.8 Å². The smallest absolute Gasteiger partial charge is 0.221 e. The molecule has 0 saturated heterocycles. The SMILES string of the molecule is Cc1ccc(/C=N/Nc2ccnc(N)n2)cc1. The number of anilines is 2. The molecule has 17 heavy (non-hydrogen) atoms. The molecule has 0 atom stereocenters. The number of aromatic nitrogens is 2. The molecular formula is C12H13N5. The fourth-order valence-electron chi connectivity index (χ4n) is 1.26. The van der Waals surface area contributed by atoms with Crippen LogP contribution in [0.1, 0.15) is 11.1 Å². The normalized spacial score (nSPS) is 10.6. The highest BCUT2D eigenvalue weighted by Crippen LogP contribution is 2.03. The maximum atomic E-state index is 5.44. The van der Waals surface area contributed by atoms with Crippen molar-refractivity contribution in [2.24, 2.45) is 5.10 Å². The highest BCUT2D eigenvalue weighted by molar-refractivity contribution is 5.80. The molecule has 0 saturated carbocycles. The molecule has 0 radical (unpaired) electrons. The quantitative estimate of drug-likeness (QED) is 0.619. The van der Waals surface area contributed by atoms with E-state index in [1.807, 2.05) is 31.2 Å². The van der Waals surface area contributed by atoms with E-state index < -0.39 is 0 Å². The average molecular weight is 227 g/mol. The van der Waals surface area contributed by atoms with Gasteiger partial charge in [0.2, 0.25) is 5.95 Å². The van der Waals surface area contributed by atoms with Gasteiger partial charge in [0.1, 0.15) is 0 Å². The first kappa shape index (κ1) is 11.1. The van der Waals surface area contributed by atoms with Crippen molar-refractivity contribution in [3.05, 3.63) is 47.7 Å². The molecule has 5 heteroatoms. The first-order valence-electron chi connectivity index (χ1n) is 5.18. The lowest BCUT2D eigenvalue weighted by Crippen LogP contribution is -1.98. The van der Waals surface area contributed by atoms with Crippen molar-refractivity contribution in [3.8, 4) is 0 Å². The zero-order chi connectivity index (χ0) is 12.1. The molecule has 0 amide bonds. The summed E-state index contributed by atoms with van der Waals surface area (Å²) < 4.78 is 0. The van der Waals surface area contributed by atoms with E-state index in [1.165, 1.54) is 5.56 Å². The molecule has 1 aromatic heterocycles. The van der Waals surface area contributed by atoms with Crippen LogP contribution in [-0.2, 0) is 0 Å². The number of nitrogens with one attached hydrogen (secondary N) is 1. The first-order chi connectivity index (χ1) is 8.24. The number of benzene rings is 1. The van der Waals surface area contributed by atoms with E-state index in [2.05, 4.69) is 20.5 Å². The molecule has 0 unspecified atom stereocenters. The van der Waals surface area contributed by atoms with Crippen LogP contribution in [0.15, 0.2) is 41.6 Å². The summed E-state index contributed by atoms with van der Waals surface area (Å²) in [5.74, 6) is 0.793. The van der Waals surface area contributed by atoms with Crippen LogP contribution in [0.4, 0.5) is 11.8 Å². The molecule has 0 aliphatic carbocycles. The second-order valence-corrected chi connectivity index (χ2v) is 3.58. The number of nitrogens with two attached hydrogens (primary N) is 1. The van der Waals surface area contributed by atoms with Crippen molar-refractivity contribution in [2.45, 2.75) is 6.92 Å². The lowest BCUT2D eigenvalue weighted by Gasteiger charge is -1.99. The second-order valence-electron chi connectivity index (χ2n) is 3.58. The van der Waals surface area contributed by atoms with Gasteiger partial charge in [0.15, 0.2) is 5.82 Å². The number of hydrogen-bond donors (Lipinski definition) is 2. The predicted molar refractivity (Wildman–Crippen MR) is 68.8 cm³/mol. The second kappa shape index (κ2) is 5.07. The molecule has 0 aliphatic rings. The van der Waals surface area contributed by atoms with Crippen molar-refractivity contribution in [2.75, 3.05) is 11.2 Å². The number of aryl methyl sites for hydroxylation is 1. The highest BCUT2D eigenvalue weighted by Gasteiger charge is 1.92. The van der Waals surface area contributed by atoms with Crippen molar-refractivity contribution in [3.63, 3.8) is 0 Å². The molecule has 2 aromatic rings. The summed E-state index contributed by atoms with van der Waals surface area (Å²) in [7, 11) is 0. The van der Waals surface area contributed by atoms with Crippen LogP contribution in [0.2, 0.25) is 0 Å². The van der Waals surface area contributed by atoms with Crippen LogP contribution in [0.25, 0.3) is 0 Å². The Morgan fingerprint density at radius 3 is 2.71 bits per heavy atom. The van der Waals surface area contributed by atoms with Gasteiger partial charge in [0.25, 0.3) is 0 Å². The van der Waals surface area contributed by atoms with Crippen LogP contribution in [0, 0.1) is 6.92 Å². The Bertz CT molecular complexity index is 519. The Labute approximate surface area is 99.4 Å². The van der Waals surface area contributed by atoms with Crippen LogP contribution >= 0.6 is 0 Å². The molecule has 0 bridgehead atoms. The fraction of sp³-hybridized carbons (Fsp3) is 0.0833. The number of hydrazone groups is 1. The van der Waals surface area contributed by atoms with Crippen molar-refractivity contribution < 1.29 is 0 Å². The third-order valence-electron chi connectivity index (χ3n) is 2.14. The lowest BCUT2D eigenvalue weighted by molar-refractivity contribution is 1.15. The summed E-state index contributed by atoms with van der Waals surface area (Å²) in [5.41, 5.74) is 10.5. The standard InChI is InChI=1S/C12H13N5/c1-9-2-4-10(5-3-9)8-15-17-11-6-7-14-12(13)16-11/h2-8H,1H3,(H3,13,14,16,17)/b15-8+. The molecule has 5 nitrogen and oxygen atoms in total. The van der Waals surface area contributed by atoms with Gasteiger partial charge in [-0.3, -0.25) is 5.43 Å². The van der Waals surface area contributed by atoms with Crippen LogP contribution < -0.4 is 11.2 Å². The largest absolute Gasteiger partial charge is 0.368 e. The van der Waals surface area contributed by atoms with E-state index in [9.17, 15) is 0 Å². The molecule has 1 heterocycles. The molecule has 86 valence electrons. The van der Waals surface area contributed by atoms with Crippen LogP contribution in [-0.4, -0.2) is 16.2 Å². The van der Waals surface area contributed by atoms with E-state index in [0.717, 1.165) is 5.56 Å². The molecule has 0 aliphatic heterocycles. The Morgan fingerprint density at radius 2 is 2.00 bits per heavy atom. The van der Waals surface area contributed by atoms with Crippen molar-refractivity contribution in [1.82, 2.24) is 9.97 Å². The number of nitrogens with zero attached hydrogens (tertiary/aromatic N) is 3. The van der Waals surface area contributed by atoms with E-state index >= 15 is 0 Å². The molecule has 3 N–H and O–H groups in total. The fourth-order valence-corrected chi connectivity index (χ4v) is 1.26. The maximum absolute atomic E-state index is 5.44. The molecular weight excluding hydrogens is 214 g/mol. The summed E-state index contributed by atoms with van der Waals surface area (Å²) in [5, 5.41) is 4.06. The zero-order valence-electron chi connectivity index (χ0n) is 9.46. The van der Waals surface area contributed by atoms with E-state index in [0.29, 0.717) is 5.82 Å². The summed E-state index contributed by atoms with van der Waals surface area (Å²) in [6, 6.07) is 9.75. The highest BCUT2D eigenvalue weighted by atomic mass is 15.3. The Balaban J connectivity index is 2.00. The van der Waals surface area contributed by atoms with Crippen molar-refractivity contribution >= 4 is 18.0 Å². The van der Waals surface area contributed by atoms with Gasteiger partial charge in [-0.05, 0) is 12.5 Å². The number of rotatable bonds is 3.